The summed E-state index contributed by atoms with van der Waals surface area (Å²) in [6.45, 7) is 4.27. The predicted molar refractivity (Wildman–Crippen MR) is 106 cm³/mol. The normalized spacial score (nSPS) is 11.8. The number of benzene rings is 1. The van der Waals surface area contributed by atoms with Gasteiger partial charge in [-0.3, -0.25) is 0 Å². The molecule has 4 heteroatoms. The molecule has 0 atom stereocenters. The van der Waals surface area contributed by atoms with Crippen LogP contribution in [0.1, 0.15) is 56.9 Å². The van der Waals surface area contributed by atoms with Crippen molar-refractivity contribution in [3.8, 4) is 0 Å². The first-order chi connectivity index (χ1) is 11.7. The van der Waals surface area contributed by atoms with Gasteiger partial charge in [-0.1, -0.05) is 75.3 Å². The van der Waals surface area contributed by atoms with Crippen LogP contribution in [0, 0.1) is 0 Å². The topological polar surface area (TPSA) is 30.5 Å². The van der Waals surface area contributed by atoms with Gasteiger partial charge in [0, 0.05) is 20.8 Å². The molecular formula is C20H37NO2Si. The van der Waals surface area contributed by atoms with Gasteiger partial charge in [0.15, 0.2) is 0 Å². The Kier molecular flexibility index (Phi) is 12.1. The smallest absolute Gasteiger partial charge is 0.334 e. The first-order valence-corrected chi connectivity index (χ1v) is 12.1. The van der Waals surface area contributed by atoms with Crippen LogP contribution in [0.2, 0.25) is 12.6 Å². The van der Waals surface area contributed by atoms with E-state index in [9.17, 15) is 0 Å². The Labute approximate surface area is 150 Å². The lowest BCUT2D eigenvalue weighted by Crippen LogP contribution is -2.35. The maximum Gasteiger partial charge on any atom is 0.334 e. The van der Waals surface area contributed by atoms with Crippen LogP contribution in [0.3, 0.4) is 0 Å². The fourth-order valence-electron chi connectivity index (χ4n) is 2.87. The summed E-state index contributed by atoms with van der Waals surface area (Å²) >= 11 is 0. The molecule has 1 aromatic carbocycles. The van der Waals surface area contributed by atoms with E-state index in [4.69, 9.17) is 8.85 Å². The summed E-state index contributed by atoms with van der Waals surface area (Å²) < 4.78 is 11.0. The molecule has 1 aromatic rings. The summed E-state index contributed by atoms with van der Waals surface area (Å²) in [6.07, 6.45) is 10.7. The summed E-state index contributed by atoms with van der Waals surface area (Å²) in [5.41, 5.74) is 1.37. The van der Waals surface area contributed by atoms with E-state index in [1.54, 1.807) is 14.2 Å². The lowest BCUT2D eigenvalue weighted by molar-refractivity contribution is 0.248. The highest BCUT2D eigenvalue weighted by atomic mass is 28.4. The third kappa shape index (κ3) is 10.2. The number of unbranched alkanes of at least 4 members (excludes halogenated alkanes) is 7. The standard InChI is InChI=1S/C20H37NO2Si/c1-22-24(3,23-2)18-14-9-7-5-4-6-8-13-17-21-19-20-15-11-10-12-16-20/h10-12,15-16,21H,4-9,13-14,17-19H2,1-3H3. The van der Waals surface area contributed by atoms with E-state index >= 15 is 0 Å². The number of nitrogens with one attached hydrogen (secondary N) is 1. The third-order valence-corrected chi connectivity index (χ3v) is 7.76. The molecule has 0 saturated carbocycles. The van der Waals surface area contributed by atoms with Crippen molar-refractivity contribution in [2.24, 2.45) is 0 Å². The molecule has 1 N–H and O–H groups in total. The predicted octanol–water partition coefficient (Wildman–Crippen LogP) is 5.26. The Balaban J connectivity index is 1.82. The van der Waals surface area contributed by atoms with Gasteiger partial charge in [0.1, 0.15) is 0 Å². The molecule has 0 radical (unpaired) electrons. The van der Waals surface area contributed by atoms with Gasteiger partial charge in [0.25, 0.3) is 0 Å². The van der Waals surface area contributed by atoms with E-state index in [1.807, 2.05) is 0 Å². The van der Waals surface area contributed by atoms with Crippen molar-refractivity contribution in [3.63, 3.8) is 0 Å². The molecule has 0 aliphatic carbocycles. The van der Waals surface area contributed by atoms with Gasteiger partial charge in [0.2, 0.25) is 0 Å². The highest BCUT2D eigenvalue weighted by Gasteiger charge is 2.27. The van der Waals surface area contributed by atoms with E-state index in [0.717, 1.165) is 19.1 Å². The van der Waals surface area contributed by atoms with Crippen molar-refractivity contribution in [2.75, 3.05) is 20.8 Å². The lowest BCUT2D eigenvalue weighted by Gasteiger charge is -2.22. The molecule has 0 bridgehead atoms. The molecule has 0 spiro atoms. The monoisotopic (exact) mass is 351 g/mol. The molecule has 0 aromatic heterocycles. The fourth-order valence-corrected chi connectivity index (χ4v) is 4.34. The minimum absolute atomic E-state index is 0.992. The van der Waals surface area contributed by atoms with Gasteiger partial charge in [-0.25, -0.2) is 0 Å². The first kappa shape index (κ1) is 21.4. The van der Waals surface area contributed by atoms with Crippen LogP contribution < -0.4 is 5.32 Å². The molecule has 0 aliphatic heterocycles. The highest BCUT2D eigenvalue weighted by molar-refractivity contribution is 6.65. The highest BCUT2D eigenvalue weighted by Crippen LogP contribution is 2.17. The van der Waals surface area contributed by atoms with Crippen LogP contribution in [-0.2, 0) is 15.4 Å². The van der Waals surface area contributed by atoms with Crippen molar-refractivity contribution in [1.82, 2.24) is 5.32 Å². The second-order valence-corrected chi connectivity index (χ2v) is 10.4. The third-order valence-electron chi connectivity index (χ3n) is 4.77. The average Bonchev–Trinajstić information content (AvgIpc) is 2.63. The Morgan fingerprint density at radius 3 is 1.92 bits per heavy atom. The van der Waals surface area contributed by atoms with Gasteiger partial charge in [-0.2, -0.15) is 0 Å². The molecule has 0 aliphatic rings. The van der Waals surface area contributed by atoms with Gasteiger partial charge in [-0.15, -0.1) is 0 Å². The number of hydrogen-bond acceptors (Lipinski definition) is 3. The maximum absolute atomic E-state index is 5.52. The van der Waals surface area contributed by atoms with Crippen LogP contribution in [0.4, 0.5) is 0 Å². The first-order valence-electron chi connectivity index (χ1n) is 9.55. The Morgan fingerprint density at radius 2 is 1.33 bits per heavy atom. The molecule has 3 nitrogen and oxygen atoms in total. The zero-order valence-electron chi connectivity index (χ0n) is 16.0. The molecule has 0 unspecified atom stereocenters. The Hall–Kier alpha value is -0.683. The van der Waals surface area contributed by atoms with E-state index in [1.165, 1.54) is 56.9 Å². The van der Waals surface area contributed by atoms with Crippen LogP contribution in [0.15, 0.2) is 30.3 Å². The van der Waals surface area contributed by atoms with Gasteiger partial charge < -0.3 is 14.2 Å². The van der Waals surface area contributed by atoms with Crippen LogP contribution >= 0.6 is 0 Å². The molecule has 0 heterocycles. The molecule has 0 saturated heterocycles. The summed E-state index contributed by atoms with van der Waals surface area (Å²) in [5.74, 6) is 0. The van der Waals surface area contributed by atoms with Crippen LogP contribution in [0.25, 0.3) is 0 Å². The zero-order chi connectivity index (χ0) is 17.5. The zero-order valence-corrected chi connectivity index (χ0v) is 17.0. The lowest BCUT2D eigenvalue weighted by atomic mass is 10.1. The number of rotatable bonds is 15. The summed E-state index contributed by atoms with van der Waals surface area (Å²) in [5, 5.41) is 3.53. The quantitative estimate of drug-likeness (QED) is 0.345. The van der Waals surface area contributed by atoms with Gasteiger partial charge in [-0.05, 0) is 31.1 Å². The van der Waals surface area contributed by atoms with E-state index in [0.29, 0.717) is 0 Å². The van der Waals surface area contributed by atoms with Gasteiger partial charge in [0.05, 0.1) is 0 Å². The fraction of sp³-hybridized carbons (Fsp3) is 0.700. The van der Waals surface area contributed by atoms with Crippen molar-refractivity contribution in [2.45, 2.75) is 70.5 Å². The summed E-state index contributed by atoms with van der Waals surface area (Å²) in [4.78, 5) is 0. The Morgan fingerprint density at radius 1 is 0.792 bits per heavy atom. The molecule has 0 fully saturated rings. The molecule has 24 heavy (non-hydrogen) atoms. The van der Waals surface area contributed by atoms with E-state index in [-0.39, 0.29) is 0 Å². The van der Waals surface area contributed by atoms with E-state index in [2.05, 4.69) is 42.2 Å². The maximum atomic E-state index is 5.52. The molecule has 0 amide bonds. The largest absolute Gasteiger partial charge is 0.398 e. The van der Waals surface area contributed by atoms with Crippen molar-refractivity contribution in [3.05, 3.63) is 35.9 Å². The van der Waals surface area contributed by atoms with Crippen molar-refractivity contribution in [1.29, 1.82) is 0 Å². The minimum atomic E-state index is -1.82. The number of hydrogen-bond donors (Lipinski definition) is 1. The van der Waals surface area contributed by atoms with Crippen molar-refractivity contribution < 1.29 is 8.85 Å². The Bertz CT molecular complexity index is 396. The van der Waals surface area contributed by atoms with Crippen LogP contribution in [0.5, 0.6) is 0 Å². The summed E-state index contributed by atoms with van der Waals surface area (Å²) in [6, 6.07) is 11.7. The average molecular weight is 352 g/mol. The second-order valence-electron chi connectivity index (χ2n) is 6.78. The SMILES string of the molecule is CO[Si](C)(CCCCCCCCCCNCc1ccccc1)OC. The summed E-state index contributed by atoms with van der Waals surface area (Å²) in [7, 11) is 1.74. The van der Waals surface area contributed by atoms with Crippen molar-refractivity contribution >= 4 is 8.56 Å². The van der Waals surface area contributed by atoms with Crippen LogP contribution in [-0.4, -0.2) is 29.3 Å². The molecule has 1 rings (SSSR count). The molecular weight excluding hydrogens is 314 g/mol. The molecule has 138 valence electrons. The van der Waals surface area contributed by atoms with Gasteiger partial charge >= 0.3 is 8.56 Å². The minimum Gasteiger partial charge on any atom is -0.398 e. The second kappa shape index (κ2) is 13.6. The van der Waals surface area contributed by atoms with E-state index < -0.39 is 8.56 Å².